The molecule has 2 aromatic rings. The quantitative estimate of drug-likeness (QED) is 0.808. The Morgan fingerprint density at radius 1 is 1.23 bits per heavy atom. The van der Waals surface area contributed by atoms with Crippen LogP contribution in [0.4, 0.5) is 4.79 Å². The molecule has 118 valence electrons. The van der Waals surface area contributed by atoms with Crippen molar-refractivity contribution in [2.24, 2.45) is 0 Å². The molecule has 5 nitrogen and oxygen atoms in total. The average Bonchev–Trinajstić information content (AvgIpc) is 2.90. The predicted molar refractivity (Wildman–Crippen MR) is 84.0 cm³/mol. The Kier molecular flexibility index (Phi) is 4.26. The zero-order chi connectivity index (χ0) is 16.5. The highest BCUT2D eigenvalue weighted by Gasteiger charge is 2.27. The van der Waals surface area contributed by atoms with Crippen molar-refractivity contribution in [3.63, 3.8) is 0 Å². The van der Waals surface area contributed by atoms with E-state index in [-0.39, 0.29) is 5.78 Å². The van der Waals surface area contributed by atoms with Gasteiger partial charge >= 0.3 is 6.09 Å². The molecule has 1 atom stereocenters. The molecule has 1 heterocycles. The van der Waals surface area contributed by atoms with Gasteiger partial charge in [-0.3, -0.25) is 4.79 Å². The first kappa shape index (κ1) is 16.1. The number of ether oxygens (including phenoxy) is 1. The van der Waals surface area contributed by atoms with E-state index in [0.717, 1.165) is 5.39 Å². The molecular formula is C17H21NO4. The van der Waals surface area contributed by atoms with E-state index in [0.29, 0.717) is 11.1 Å². The Labute approximate surface area is 129 Å². The average molecular weight is 303 g/mol. The smallest absolute Gasteiger partial charge is 0.410 e. The van der Waals surface area contributed by atoms with Crippen molar-refractivity contribution < 1.29 is 18.7 Å². The van der Waals surface area contributed by atoms with E-state index in [1.54, 1.807) is 53.1 Å². The molecule has 1 aromatic heterocycles. The van der Waals surface area contributed by atoms with Gasteiger partial charge in [0.25, 0.3) is 0 Å². The molecule has 0 bridgehead atoms. The van der Waals surface area contributed by atoms with Gasteiger partial charge in [-0.25, -0.2) is 4.79 Å². The second-order valence-electron chi connectivity index (χ2n) is 6.30. The minimum Gasteiger partial charge on any atom is -0.464 e. The maximum Gasteiger partial charge on any atom is 0.410 e. The van der Waals surface area contributed by atoms with Gasteiger partial charge in [0.15, 0.2) is 5.78 Å². The van der Waals surface area contributed by atoms with Crippen molar-refractivity contribution in [1.29, 1.82) is 0 Å². The van der Waals surface area contributed by atoms with Crippen molar-refractivity contribution in [3.8, 4) is 0 Å². The van der Waals surface area contributed by atoms with Crippen LogP contribution in [-0.2, 0) is 4.74 Å². The fourth-order valence-electron chi connectivity index (χ4n) is 2.02. The zero-order valence-electron chi connectivity index (χ0n) is 13.5. The largest absolute Gasteiger partial charge is 0.464 e. The maximum atomic E-state index is 12.5. The van der Waals surface area contributed by atoms with Crippen molar-refractivity contribution in [1.82, 2.24) is 4.90 Å². The number of ketones is 1. The van der Waals surface area contributed by atoms with Crippen molar-refractivity contribution in [2.75, 3.05) is 7.05 Å². The van der Waals surface area contributed by atoms with E-state index in [9.17, 15) is 9.59 Å². The molecule has 0 spiro atoms. The van der Waals surface area contributed by atoms with Gasteiger partial charge in [0, 0.05) is 18.0 Å². The fourth-order valence-corrected chi connectivity index (χ4v) is 2.02. The van der Waals surface area contributed by atoms with E-state index < -0.39 is 17.7 Å². The summed E-state index contributed by atoms with van der Waals surface area (Å²) < 4.78 is 10.6. The summed E-state index contributed by atoms with van der Waals surface area (Å²) in [5.74, 6) is -0.161. The summed E-state index contributed by atoms with van der Waals surface area (Å²) in [6.07, 6.45) is 1.06. The SMILES string of the molecule is CC(C(=O)c1ccc2ccoc2c1)N(C)C(=O)OC(C)(C)C. The molecule has 0 fully saturated rings. The highest BCUT2D eigenvalue weighted by atomic mass is 16.6. The first-order valence-corrected chi connectivity index (χ1v) is 7.16. The second-order valence-corrected chi connectivity index (χ2v) is 6.30. The second kappa shape index (κ2) is 5.83. The Morgan fingerprint density at radius 2 is 1.91 bits per heavy atom. The molecule has 1 unspecified atom stereocenters. The number of nitrogens with zero attached hydrogens (tertiary/aromatic N) is 1. The Hall–Kier alpha value is -2.30. The predicted octanol–water partition coefficient (Wildman–Crippen LogP) is 3.87. The van der Waals surface area contributed by atoms with Gasteiger partial charge in [-0.05, 0) is 39.8 Å². The molecule has 1 amide bonds. The first-order valence-electron chi connectivity index (χ1n) is 7.16. The van der Waals surface area contributed by atoms with Crippen LogP contribution in [0.15, 0.2) is 34.9 Å². The topological polar surface area (TPSA) is 59.8 Å². The monoisotopic (exact) mass is 303 g/mol. The van der Waals surface area contributed by atoms with Crippen molar-refractivity contribution >= 4 is 22.8 Å². The van der Waals surface area contributed by atoms with Crippen LogP contribution in [0.5, 0.6) is 0 Å². The van der Waals surface area contributed by atoms with E-state index in [1.807, 2.05) is 12.1 Å². The van der Waals surface area contributed by atoms with Crippen LogP contribution < -0.4 is 0 Å². The number of carbonyl (C=O) groups is 2. The summed E-state index contributed by atoms with van der Waals surface area (Å²) in [6.45, 7) is 7.04. The lowest BCUT2D eigenvalue weighted by atomic mass is 10.0. The van der Waals surface area contributed by atoms with E-state index in [1.165, 1.54) is 4.90 Å². The Bertz CT molecular complexity index is 696. The minimum absolute atomic E-state index is 0.161. The molecule has 0 aliphatic heterocycles. The highest BCUT2D eigenvalue weighted by Crippen LogP contribution is 2.19. The number of fused-ring (bicyclic) bond motifs is 1. The highest BCUT2D eigenvalue weighted by molar-refractivity contribution is 6.03. The van der Waals surface area contributed by atoms with Crippen LogP contribution in [0.3, 0.4) is 0 Å². The van der Waals surface area contributed by atoms with Gasteiger partial charge in [-0.1, -0.05) is 12.1 Å². The van der Waals surface area contributed by atoms with Crippen LogP contribution in [0.25, 0.3) is 11.0 Å². The summed E-state index contributed by atoms with van der Waals surface area (Å²) in [5.41, 5.74) is 0.560. The number of hydrogen-bond donors (Lipinski definition) is 0. The van der Waals surface area contributed by atoms with Gasteiger partial charge < -0.3 is 14.1 Å². The number of carbonyl (C=O) groups excluding carboxylic acids is 2. The molecule has 0 radical (unpaired) electrons. The van der Waals surface area contributed by atoms with Crippen LogP contribution in [0, 0.1) is 0 Å². The van der Waals surface area contributed by atoms with Crippen molar-refractivity contribution in [3.05, 3.63) is 36.1 Å². The van der Waals surface area contributed by atoms with Gasteiger partial charge in [0.1, 0.15) is 11.2 Å². The molecule has 0 aliphatic carbocycles. The third kappa shape index (κ3) is 3.47. The van der Waals surface area contributed by atoms with Crippen LogP contribution in [-0.4, -0.2) is 35.5 Å². The Balaban J connectivity index is 2.15. The summed E-state index contributed by atoms with van der Waals surface area (Å²) in [6, 6.07) is 6.46. The van der Waals surface area contributed by atoms with Gasteiger partial charge in [0.05, 0.1) is 12.3 Å². The maximum absolute atomic E-state index is 12.5. The third-order valence-electron chi connectivity index (χ3n) is 3.38. The number of likely N-dealkylation sites (N-methyl/N-ethyl adjacent to an activating group) is 1. The number of rotatable bonds is 3. The van der Waals surface area contributed by atoms with Crippen LogP contribution >= 0.6 is 0 Å². The normalized spacial score (nSPS) is 13.0. The van der Waals surface area contributed by atoms with Gasteiger partial charge in [0.2, 0.25) is 0 Å². The lowest BCUT2D eigenvalue weighted by molar-refractivity contribution is 0.0231. The summed E-state index contributed by atoms with van der Waals surface area (Å²) in [4.78, 5) is 25.9. The molecule has 2 rings (SSSR count). The molecule has 5 heteroatoms. The number of Topliss-reactive ketones (excluding diaryl/α,β-unsaturated/α-hetero) is 1. The van der Waals surface area contributed by atoms with Crippen molar-refractivity contribution in [2.45, 2.75) is 39.3 Å². The van der Waals surface area contributed by atoms with E-state index in [2.05, 4.69) is 0 Å². The summed E-state index contributed by atoms with van der Waals surface area (Å²) >= 11 is 0. The van der Waals surface area contributed by atoms with E-state index >= 15 is 0 Å². The van der Waals surface area contributed by atoms with E-state index in [4.69, 9.17) is 9.15 Å². The lowest BCUT2D eigenvalue weighted by Gasteiger charge is -2.28. The molecule has 0 saturated carbocycles. The first-order chi connectivity index (χ1) is 10.2. The zero-order valence-corrected chi connectivity index (χ0v) is 13.5. The lowest BCUT2D eigenvalue weighted by Crippen LogP contribution is -2.43. The molecule has 0 N–H and O–H groups in total. The Morgan fingerprint density at radius 3 is 2.55 bits per heavy atom. The summed E-state index contributed by atoms with van der Waals surface area (Å²) in [7, 11) is 1.56. The standard InChI is InChI=1S/C17H21NO4/c1-11(18(5)16(20)22-17(2,3)4)15(19)13-7-6-12-8-9-21-14(12)10-13/h6-11H,1-5H3. The number of benzene rings is 1. The molecule has 1 aromatic carbocycles. The number of furan rings is 1. The minimum atomic E-state index is -0.623. The van der Waals surface area contributed by atoms with Gasteiger partial charge in [-0.2, -0.15) is 0 Å². The van der Waals surface area contributed by atoms with Gasteiger partial charge in [-0.15, -0.1) is 0 Å². The van der Waals surface area contributed by atoms with Crippen LogP contribution in [0.2, 0.25) is 0 Å². The molecule has 22 heavy (non-hydrogen) atoms. The molecular weight excluding hydrogens is 282 g/mol. The fraction of sp³-hybridized carbons (Fsp3) is 0.412. The molecule has 0 aliphatic rings. The number of amides is 1. The third-order valence-corrected chi connectivity index (χ3v) is 3.38. The number of hydrogen-bond acceptors (Lipinski definition) is 4. The van der Waals surface area contributed by atoms with Crippen LogP contribution in [0.1, 0.15) is 38.1 Å². The summed E-state index contributed by atoms with van der Waals surface area (Å²) in [5, 5.41) is 0.935. The molecule has 0 saturated heterocycles.